The minimum Gasteiger partial charge on any atom is -0.349 e. The molecule has 1 N–H and O–H groups in total. The summed E-state index contributed by atoms with van der Waals surface area (Å²) in [5.41, 5.74) is -0.471. The van der Waals surface area contributed by atoms with Gasteiger partial charge in [-0.2, -0.15) is 11.8 Å². The van der Waals surface area contributed by atoms with E-state index < -0.39 is 16.5 Å². The van der Waals surface area contributed by atoms with E-state index in [9.17, 15) is 14.9 Å². The van der Waals surface area contributed by atoms with E-state index in [0.29, 0.717) is 5.25 Å². The van der Waals surface area contributed by atoms with Crippen molar-refractivity contribution in [1.29, 1.82) is 0 Å². The van der Waals surface area contributed by atoms with Gasteiger partial charge >= 0.3 is 5.69 Å². The molecule has 6 nitrogen and oxygen atoms in total. The maximum atomic E-state index is 12.2. The minimum absolute atomic E-state index is 0.0352. The molecule has 0 unspecified atom stereocenters. The summed E-state index contributed by atoms with van der Waals surface area (Å²) in [7, 11) is 0. The van der Waals surface area contributed by atoms with Crippen LogP contribution in [-0.4, -0.2) is 33.4 Å². The summed E-state index contributed by atoms with van der Waals surface area (Å²) in [6, 6.07) is 1.39. The highest BCUT2D eigenvalue weighted by atomic mass is 35.5. The van der Waals surface area contributed by atoms with Crippen LogP contribution < -0.4 is 5.32 Å². The van der Waals surface area contributed by atoms with Crippen molar-refractivity contribution < 1.29 is 9.72 Å². The number of halogens is 1. The van der Waals surface area contributed by atoms with Gasteiger partial charge in [-0.05, 0) is 38.0 Å². The van der Waals surface area contributed by atoms with Gasteiger partial charge in [-0.15, -0.1) is 0 Å². The molecule has 0 spiro atoms. The monoisotopic (exact) mass is 329 g/mol. The molecule has 0 radical (unpaired) electrons. The molecular weight excluding hydrogens is 314 g/mol. The van der Waals surface area contributed by atoms with E-state index in [1.54, 1.807) is 0 Å². The highest BCUT2D eigenvalue weighted by Crippen LogP contribution is 2.29. The number of hydrogen-bond donors (Lipinski definition) is 1. The molecule has 0 atom stereocenters. The number of carbonyl (C=O) groups excluding carboxylic acids is 1. The number of nitro groups is 1. The van der Waals surface area contributed by atoms with Crippen LogP contribution in [0.2, 0.25) is 5.15 Å². The van der Waals surface area contributed by atoms with Gasteiger partial charge in [0.1, 0.15) is 5.56 Å². The molecule has 0 saturated heterocycles. The van der Waals surface area contributed by atoms with Crippen LogP contribution in [-0.2, 0) is 0 Å². The van der Waals surface area contributed by atoms with Gasteiger partial charge in [0, 0.05) is 17.5 Å². The minimum atomic E-state index is -0.672. The van der Waals surface area contributed by atoms with Crippen molar-refractivity contribution in [2.75, 3.05) is 6.26 Å². The molecule has 1 amide bonds. The summed E-state index contributed by atoms with van der Waals surface area (Å²) in [6.45, 7) is 0. The van der Waals surface area contributed by atoms with E-state index >= 15 is 0 Å². The first-order valence-electron chi connectivity index (χ1n) is 6.65. The molecule has 1 fully saturated rings. The molecule has 0 bridgehead atoms. The first-order valence-corrected chi connectivity index (χ1v) is 8.32. The Balaban J connectivity index is 2.08. The normalized spacial score (nSPS) is 21.8. The first kappa shape index (κ1) is 16.0. The quantitative estimate of drug-likeness (QED) is 0.521. The Morgan fingerprint density at radius 2 is 2.14 bits per heavy atom. The molecule has 1 heterocycles. The number of amides is 1. The van der Waals surface area contributed by atoms with Gasteiger partial charge in [0.05, 0.1) is 4.92 Å². The summed E-state index contributed by atoms with van der Waals surface area (Å²) in [6.07, 6.45) is 7.27. The van der Waals surface area contributed by atoms with Crippen molar-refractivity contribution in [1.82, 2.24) is 10.3 Å². The van der Waals surface area contributed by atoms with Crippen LogP contribution in [0, 0.1) is 10.1 Å². The number of aromatic nitrogens is 1. The highest BCUT2D eigenvalue weighted by molar-refractivity contribution is 7.99. The van der Waals surface area contributed by atoms with E-state index in [4.69, 9.17) is 11.6 Å². The van der Waals surface area contributed by atoms with Crippen molar-refractivity contribution in [2.24, 2.45) is 0 Å². The van der Waals surface area contributed by atoms with Crippen LogP contribution in [0.1, 0.15) is 36.0 Å². The topological polar surface area (TPSA) is 85.1 Å². The number of carbonyl (C=O) groups is 1. The lowest BCUT2D eigenvalue weighted by Crippen LogP contribution is -2.38. The first-order chi connectivity index (χ1) is 10.0. The highest BCUT2D eigenvalue weighted by Gasteiger charge is 2.27. The van der Waals surface area contributed by atoms with E-state index in [1.807, 2.05) is 11.8 Å². The lowest BCUT2D eigenvalue weighted by Gasteiger charge is -2.27. The second-order valence-corrected chi connectivity index (χ2v) is 6.43. The van der Waals surface area contributed by atoms with Crippen molar-refractivity contribution in [3.8, 4) is 0 Å². The molecule has 1 aromatic rings. The van der Waals surface area contributed by atoms with Crippen molar-refractivity contribution >= 4 is 35.0 Å². The maximum absolute atomic E-state index is 12.2. The average Bonchev–Trinajstić information content (AvgIpc) is 2.47. The molecule has 0 aliphatic heterocycles. The Morgan fingerprint density at radius 1 is 1.48 bits per heavy atom. The van der Waals surface area contributed by atoms with Crippen LogP contribution >= 0.6 is 23.4 Å². The van der Waals surface area contributed by atoms with Crippen molar-refractivity contribution in [3.05, 3.63) is 33.1 Å². The third kappa shape index (κ3) is 3.85. The molecule has 114 valence electrons. The van der Waals surface area contributed by atoms with Crippen LogP contribution in [0.3, 0.4) is 0 Å². The third-order valence-corrected chi connectivity index (χ3v) is 5.06. The van der Waals surface area contributed by atoms with Crippen LogP contribution in [0.5, 0.6) is 0 Å². The van der Waals surface area contributed by atoms with Gasteiger partial charge in [-0.1, -0.05) is 11.6 Å². The number of nitrogens with one attached hydrogen (secondary N) is 1. The van der Waals surface area contributed by atoms with Crippen LogP contribution in [0.4, 0.5) is 5.69 Å². The molecule has 21 heavy (non-hydrogen) atoms. The molecule has 1 aromatic heterocycles. The average molecular weight is 330 g/mol. The second kappa shape index (κ2) is 7.09. The molecule has 1 aliphatic carbocycles. The number of thioether (sulfide) groups is 1. The SMILES string of the molecule is CSC1CCC(NC(=O)c2ccnc(Cl)c2[N+](=O)[O-])CC1. The standard InChI is InChI=1S/C13H16ClN3O3S/c1-21-9-4-2-8(3-5-9)16-13(18)10-6-7-15-12(14)11(10)17(19)20/h6-9H,2-5H2,1H3,(H,16,18). The van der Waals surface area contributed by atoms with Crippen molar-refractivity contribution in [2.45, 2.75) is 37.0 Å². The van der Waals surface area contributed by atoms with Crippen molar-refractivity contribution in [3.63, 3.8) is 0 Å². The lowest BCUT2D eigenvalue weighted by atomic mass is 9.94. The van der Waals surface area contributed by atoms with Gasteiger partial charge in [0.2, 0.25) is 5.15 Å². The molecule has 1 saturated carbocycles. The maximum Gasteiger partial charge on any atom is 0.319 e. The fourth-order valence-corrected chi connectivity index (χ4v) is 3.46. The number of rotatable bonds is 4. The Kier molecular flexibility index (Phi) is 5.41. The zero-order valence-corrected chi connectivity index (χ0v) is 13.1. The number of hydrogen-bond acceptors (Lipinski definition) is 5. The summed E-state index contributed by atoms with van der Waals surface area (Å²) in [4.78, 5) is 26.2. The van der Waals surface area contributed by atoms with Gasteiger partial charge in [0.25, 0.3) is 5.91 Å². The van der Waals surface area contributed by atoms with Gasteiger partial charge < -0.3 is 5.32 Å². The second-order valence-electron chi connectivity index (χ2n) is 4.94. The summed E-state index contributed by atoms with van der Waals surface area (Å²) >= 11 is 7.56. The number of pyridine rings is 1. The Labute approximate surface area is 131 Å². The van der Waals surface area contributed by atoms with Gasteiger partial charge in [-0.3, -0.25) is 14.9 Å². The Hall–Kier alpha value is -1.34. The van der Waals surface area contributed by atoms with E-state index in [0.717, 1.165) is 25.7 Å². The fraction of sp³-hybridized carbons (Fsp3) is 0.538. The Bertz CT molecular complexity index is 547. The molecule has 8 heteroatoms. The van der Waals surface area contributed by atoms with E-state index in [-0.39, 0.29) is 16.8 Å². The molecule has 1 aliphatic rings. The van der Waals surface area contributed by atoms with Crippen LogP contribution in [0.15, 0.2) is 12.3 Å². The van der Waals surface area contributed by atoms with Crippen LogP contribution in [0.25, 0.3) is 0 Å². The van der Waals surface area contributed by atoms with E-state index in [2.05, 4.69) is 16.6 Å². The predicted molar refractivity (Wildman–Crippen MR) is 82.9 cm³/mol. The largest absolute Gasteiger partial charge is 0.349 e. The third-order valence-electron chi connectivity index (χ3n) is 3.65. The number of nitrogens with zero attached hydrogens (tertiary/aromatic N) is 2. The molecule has 0 aromatic carbocycles. The molecule has 2 rings (SSSR count). The van der Waals surface area contributed by atoms with Gasteiger partial charge in [-0.25, -0.2) is 4.98 Å². The predicted octanol–water partition coefficient (Wildman–Crippen LogP) is 3.05. The summed E-state index contributed by atoms with van der Waals surface area (Å²) in [5.74, 6) is -0.460. The zero-order chi connectivity index (χ0) is 15.4. The van der Waals surface area contributed by atoms with E-state index in [1.165, 1.54) is 12.3 Å². The smallest absolute Gasteiger partial charge is 0.319 e. The summed E-state index contributed by atoms with van der Waals surface area (Å²) < 4.78 is 0. The lowest BCUT2D eigenvalue weighted by molar-refractivity contribution is -0.385. The van der Waals surface area contributed by atoms with Gasteiger partial charge in [0.15, 0.2) is 0 Å². The summed E-state index contributed by atoms with van der Waals surface area (Å²) in [5, 5.41) is 14.3. The Morgan fingerprint density at radius 3 is 2.71 bits per heavy atom. The molecular formula is C13H16ClN3O3S. The zero-order valence-electron chi connectivity index (χ0n) is 11.5. The fourth-order valence-electron chi connectivity index (χ4n) is 2.49.